The molecule has 1 heterocycles. The minimum atomic E-state index is -0.762. The molecule has 1 aliphatic heterocycles. The summed E-state index contributed by atoms with van der Waals surface area (Å²) in [6, 6.07) is 14.0. The number of nitrogens with zero attached hydrogens (tertiary/aromatic N) is 2. The number of hydrogen-bond acceptors (Lipinski definition) is 8. The molecule has 0 aromatic heterocycles. The summed E-state index contributed by atoms with van der Waals surface area (Å²) in [5.74, 6) is -1.02. The maximum atomic E-state index is 12.8. The molecule has 0 aliphatic carbocycles. The molecule has 4 rings (SSSR count). The van der Waals surface area contributed by atoms with Crippen molar-refractivity contribution in [1.29, 1.82) is 0 Å². The normalized spacial score (nSPS) is 13.8. The zero-order valence-electron chi connectivity index (χ0n) is 19.5. The van der Waals surface area contributed by atoms with Crippen LogP contribution in [-0.4, -0.2) is 29.4 Å². The van der Waals surface area contributed by atoms with Crippen molar-refractivity contribution in [2.45, 2.75) is 13.8 Å². The number of non-ortho nitro benzene ring substituents is 1. The molecule has 9 nitrogen and oxygen atoms in total. The van der Waals surface area contributed by atoms with E-state index in [-0.39, 0.29) is 46.0 Å². The summed E-state index contributed by atoms with van der Waals surface area (Å²) < 4.78 is 17.0. The highest BCUT2D eigenvalue weighted by Gasteiger charge is 2.27. The van der Waals surface area contributed by atoms with Crippen molar-refractivity contribution in [3.8, 4) is 11.5 Å². The third kappa shape index (κ3) is 5.71. The molecule has 1 aliphatic rings. The van der Waals surface area contributed by atoms with Crippen LogP contribution in [0.15, 0.2) is 69.8 Å². The lowest BCUT2D eigenvalue weighted by molar-refractivity contribution is -0.384. The molecule has 0 saturated carbocycles. The smallest absolute Gasteiger partial charge is 0.363 e. The van der Waals surface area contributed by atoms with E-state index in [4.69, 9.17) is 25.8 Å². The highest BCUT2D eigenvalue weighted by Crippen LogP contribution is 2.38. The summed E-state index contributed by atoms with van der Waals surface area (Å²) in [6.45, 7) is 3.87. The third-order valence-corrected chi connectivity index (χ3v) is 6.13. The molecule has 0 amide bonds. The third-order valence-electron chi connectivity index (χ3n) is 5.21. The molecule has 0 fully saturated rings. The molecule has 37 heavy (non-hydrogen) atoms. The molecule has 0 unspecified atom stereocenters. The standard InChI is InChI=1S/C26H18BrClN2O7/c1-3-35-22-12-15(10-19(27)23(22)36-25(31)17-7-5-4-6-14(17)2)11-21-26(32)37-24(29-21)18-13-16(30(33)34)8-9-20(18)28/h4-13H,3H2,1-2H3/b21-11-. The van der Waals surface area contributed by atoms with Crippen LogP contribution in [-0.2, 0) is 9.53 Å². The van der Waals surface area contributed by atoms with Gasteiger partial charge in [0, 0.05) is 12.1 Å². The fraction of sp³-hybridized carbons (Fsp3) is 0.115. The van der Waals surface area contributed by atoms with Crippen LogP contribution < -0.4 is 9.47 Å². The Morgan fingerprint density at radius 3 is 2.68 bits per heavy atom. The van der Waals surface area contributed by atoms with Crippen molar-refractivity contribution in [2.24, 2.45) is 4.99 Å². The SMILES string of the molecule is CCOc1cc(/C=C2\N=C(c3cc([N+](=O)[O-])ccc3Cl)OC2=O)cc(Br)c1OC(=O)c1ccccc1C. The summed E-state index contributed by atoms with van der Waals surface area (Å²) in [7, 11) is 0. The second-order valence-corrected chi connectivity index (χ2v) is 8.99. The summed E-state index contributed by atoms with van der Waals surface area (Å²) in [5, 5.41) is 11.3. The van der Waals surface area contributed by atoms with E-state index in [2.05, 4.69) is 20.9 Å². The molecular formula is C26H18BrClN2O7. The number of nitro benzene ring substituents is 1. The van der Waals surface area contributed by atoms with Gasteiger partial charge in [0.05, 0.1) is 32.2 Å². The van der Waals surface area contributed by atoms with Gasteiger partial charge in [-0.25, -0.2) is 14.6 Å². The Bertz CT molecular complexity index is 1500. The van der Waals surface area contributed by atoms with Crippen LogP contribution in [0, 0.1) is 17.0 Å². The van der Waals surface area contributed by atoms with Gasteiger partial charge in [0.25, 0.3) is 5.69 Å². The Kier molecular flexibility index (Phi) is 7.70. The average molecular weight is 586 g/mol. The van der Waals surface area contributed by atoms with Crippen molar-refractivity contribution in [1.82, 2.24) is 0 Å². The number of carbonyl (C=O) groups excluding carboxylic acids is 2. The minimum absolute atomic E-state index is 0.0587. The zero-order valence-corrected chi connectivity index (χ0v) is 21.8. The number of aryl methyl sites for hydroxylation is 1. The van der Waals surface area contributed by atoms with Crippen molar-refractivity contribution in [3.63, 3.8) is 0 Å². The monoisotopic (exact) mass is 584 g/mol. The van der Waals surface area contributed by atoms with Gasteiger partial charge in [0.1, 0.15) is 0 Å². The Morgan fingerprint density at radius 1 is 1.22 bits per heavy atom. The van der Waals surface area contributed by atoms with E-state index in [0.717, 1.165) is 5.56 Å². The molecular weight excluding hydrogens is 568 g/mol. The molecule has 0 N–H and O–H groups in total. The number of rotatable bonds is 7. The number of esters is 2. The van der Waals surface area contributed by atoms with Crippen molar-refractivity contribution in [2.75, 3.05) is 6.61 Å². The first kappa shape index (κ1) is 26.1. The molecule has 0 radical (unpaired) electrons. The largest absolute Gasteiger partial charge is 0.490 e. The number of nitro groups is 1. The maximum absolute atomic E-state index is 12.8. The second kappa shape index (κ2) is 10.9. The predicted molar refractivity (Wildman–Crippen MR) is 140 cm³/mol. The van der Waals surface area contributed by atoms with Crippen LogP contribution in [0.2, 0.25) is 5.02 Å². The van der Waals surface area contributed by atoms with Crippen molar-refractivity contribution < 1.29 is 28.7 Å². The number of hydrogen-bond donors (Lipinski definition) is 0. The van der Waals surface area contributed by atoms with Crippen LogP contribution in [0.1, 0.15) is 34.0 Å². The zero-order chi connectivity index (χ0) is 26.7. The summed E-state index contributed by atoms with van der Waals surface area (Å²) >= 11 is 9.56. The van der Waals surface area contributed by atoms with Gasteiger partial charge in [-0.15, -0.1) is 0 Å². The lowest BCUT2D eigenvalue weighted by Gasteiger charge is -2.14. The lowest BCUT2D eigenvalue weighted by Crippen LogP contribution is -2.11. The number of ether oxygens (including phenoxy) is 3. The Morgan fingerprint density at radius 2 is 1.97 bits per heavy atom. The molecule has 11 heteroatoms. The van der Waals surface area contributed by atoms with E-state index in [9.17, 15) is 19.7 Å². The molecule has 0 bridgehead atoms. The Balaban J connectivity index is 1.68. The molecule has 3 aromatic carbocycles. The van der Waals surface area contributed by atoms with Crippen LogP contribution >= 0.6 is 27.5 Å². The van der Waals surface area contributed by atoms with E-state index < -0.39 is 16.9 Å². The van der Waals surface area contributed by atoms with Crippen LogP contribution in [0.4, 0.5) is 5.69 Å². The number of aliphatic imine (C=N–C) groups is 1. The quantitative estimate of drug-likeness (QED) is 0.105. The summed E-state index contributed by atoms with van der Waals surface area (Å²) in [6.07, 6.45) is 1.45. The van der Waals surface area contributed by atoms with E-state index in [1.54, 1.807) is 44.2 Å². The Labute approximate surface area is 224 Å². The summed E-state index contributed by atoms with van der Waals surface area (Å²) in [5.41, 5.74) is 1.50. The number of halogens is 2. The predicted octanol–water partition coefficient (Wildman–Crippen LogP) is 6.28. The highest BCUT2D eigenvalue weighted by molar-refractivity contribution is 9.10. The highest BCUT2D eigenvalue weighted by atomic mass is 79.9. The van der Waals surface area contributed by atoms with Crippen LogP contribution in [0.25, 0.3) is 6.08 Å². The first-order chi connectivity index (χ1) is 17.7. The van der Waals surface area contributed by atoms with E-state index in [0.29, 0.717) is 15.6 Å². The molecule has 3 aromatic rings. The van der Waals surface area contributed by atoms with Crippen LogP contribution in [0.3, 0.4) is 0 Å². The summed E-state index contributed by atoms with van der Waals surface area (Å²) in [4.78, 5) is 40.0. The van der Waals surface area contributed by atoms with Crippen molar-refractivity contribution >= 4 is 57.1 Å². The molecule has 0 spiro atoms. The minimum Gasteiger partial charge on any atom is -0.490 e. The van der Waals surface area contributed by atoms with Gasteiger partial charge in [-0.05, 0) is 71.2 Å². The van der Waals surface area contributed by atoms with E-state index >= 15 is 0 Å². The van der Waals surface area contributed by atoms with Gasteiger partial charge >= 0.3 is 11.9 Å². The van der Waals surface area contributed by atoms with Crippen molar-refractivity contribution in [3.05, 3.63) is 102 Å². The topological polar surface area (TPSA) is 117 Å². The van der Waals surface area contributed by atoms with Gasteiger partial charge < -0.3 is 14.2 Å². The van der Waals surface area contributed by atoms with Gasteiger partial charge in [0.15, 0.2) is 17.2 Å². The lowest BCUT2D eigenvalue weighted by atomic mass is 10.1. The van der Waals surface area contributed by atoms with E-state index in [1.807, 2.05) is 6.07 Å². The number of carbonyl (C=O) groups is 2. The maximum Gasteiger partial charge on any atom is 0.363 e. The molecule has 0 atom stereocenters. The van der Waals surface area contributed by atoms with Gasteiger partial charge in [-0.1, -0.05) is 29.8 Å². The van der Waals surface area contributed by atoms with Crippen LogP contribution in [0.5, 0.6) is 11.5 Å². The number of cyclic esters (lactones) is 1. The molecule has 0 saturated heterocycles. The average Bonchev–Trinajstić information content (AvgIpc) is 3.21. The second-order valence-electron chi connectivity index (χ2n) is 7.72. The fourth-order valence-corrected chi connectivity index (χ4v) is 4.19. The van der Waals surface area contributed by atoms with E-state index in [1.165, 1.54) is 24.3 Å². The number of benzene rings is 3. The fourth-order valence-electron chi connectivity index (χ4n) is 3.46. The first-order valence-electron chi connectivity index (χ1n) is 10.9. The van der Waals surface area contributed by atoms with Gasteiger partial charge in [0.2, 0.25) is 5.90 Å². The first-order valence-corrected chi connectivity index (χ1v) is 12.1. The van der Waals surface area contributed by atoms with Gasteiger partial charge in [-0.2, -0.15) is 0 Å². The Hall–Kier alpha value is -4.02. The van der Waals surface area contributed by atoms with Gasteiger partial charge in [-0.3, -0.25) is 10.1 Å². The molecule has 188 valence electrons.